The minimum Gasteiger partial charge on any atom is -0.495 e. The van der Waals surface area contributed by atoms with E-state index in [9.17, 15) is 26.4 Å². The maximum absolute atomic E-state index is 12.5. The Hall–Kier alpha value is -2.85. The van der Waals surface area contributed by atoms with Gasteiger partial charge in [-0.25, -0.2) is 13.6 Å². The second kappa shape index (κ2) is 7.80. The zero-order chi connectivity index (χ0) is 20.2. The first-order valence-corrected chi connectivity index (χ1v) is 8.92. The van der Waals surface area contributed by atoms with Crippen molar-refractivity contribution in [3.63, 3.8) is 0 Å². The van der Waals surface area contributed by atoms with E-state index in [1.165, 1.54) is 37.5 Å². The van der Waals surface area contributed by atoms with Gasteiger partial charge in [0.05, 0.1) is 23.3 Å². The van der Waals surface area contributed by atoms with Gasteiger partial charge in [-0.1, -0.05) is 12.1 Å². The van der Waals surface area contributed by atoms with Gasteiger partial charge in [0.2, 0.25) is 15.9 Å². The maximum Gasteiger partial charge on any atom is 0.416 e. The van der Waals surface area contributed by atoms with Gasteiger partial charge in [-0.15, -0.1) is 0 Å². The smallest absolute Gasteiger partial charge is 0.416 e. The molecule has 1 amide bonds. The van der Waals surface area contributed by atoms with Crippen LogP contribution in [0.4, 0.5) is 18.9 Å². The number of primary sulfonamides is 1. The largest absolute Gasteiger partial charge is 0.495 e. The maximum atomic E-state index is 12.5. The number of sulfonamides is 1. The highest BCUT2D eigenvalue weighted by atomic mass is 32.2. The van der Waals surface area contributed by atoms with Crippen molar-refractivity contribution in [2.75, 3.05) is 12.4 Å². The predicted molar refractivity (Wildman–Crippen MR) is 93.5 cm³/mol. The number of amides is 1. The molecule has 6 nitrogen and oxygen atoms in total. The number of rotatable bonds is 5. The predicted octanol–water partition coefficient (Wildman–Crippen LogP) is 3.01. The van der Waals surface area contributed by atoms with Crippen LogP contribution < -0.4 is 15.2 Å². The molecule has 2 aromatic carbocycles. The number of carbonyl (C=O) groups excluding carboxylic acids is 1. The van der Waals surface area contributed by atoms with Gasteiger partial charge in [0.15, 0.2) is 0 Å². The summed E-state index contributed by atoms with van der Waals surface area (Å²) in [4.78, 5) is 11.8. The van der Waals surface area contributed by atoms with Gasteiger partial charge < -0.3 is 10.1 Å². The summed E-state index contributed by atoms with van der Waals surface area (Å²) >= 11 is 0. The van der Waals surface area contributed by atoms with Crippen LogP contribution in [0.15, 0.2) is 53.4 Å². The number of ether oxygens (including phenoxy) is 1. The Kier molecular flexibility index (Phi) is 5.91. The third-order valence-electron chi connectivity index (χ3n) is 3.42. The van der Waals surface area contributed by atoms with Crippen molar-refractivity contribution < 1.29 is 31.1 Å². The molecule has 0 aromatic heterocycles. The number of halogens is 3. The summed E-state index contributed by atoms with van der Waals surface area (Å²) in [5.41, 5.74) is -0.344. The molecule has 0 aliphatic carbocycles. The number of hydrogen-bond donors (Lipinski definition) is 2. The van der Waals surface area contributed by atoms with Gasteiger partial charge in [0.1, 0.15) is 5.75 Å². The van der Waals surface area contributed by atoms with E-state index in [1.807, 2.05) is 0 Å². The number of methoxy groups -OCH3 is 1. The van der Waals surface area contributed by atoms with Gasteiger partial charge in [-0.2, -0.15) is 13.2 Å². The lowest BCUT2D eigenvalue weighted by molar-refractivity contribution is -0.137. The molecule has 0 fully saturated rings. The van der Waals surface area contributed by atoms with Crippen molar-refractivity contribution in [2.45, 2.75) is 11.1 Å². The molecule has 0 aliphatic heterocycles. The molecule has 0 saturated carbocycles. The van der Waals surface area contributed by atoms with Gasteiger partial charge >= 0.3 is 6.18 Å². The number of benzene rings is 2. The highest BCUT2D eigenvalue weighted by Gasteiger charge is 2.29. The van der Waals surface area contributed by atoms with Gasteiger partial charge in [-0.05, 0) is 42.0 Å². The van der Waals surface area contributed by atoms with Crippen LogP contribution in [-0.4, -0.2) is 21.4 Å². The number of alkyl halides is 3. The fourth-order valence-electron chi connectivity index (χ4n) is 2.09. The Morgan fingerprint density at radius 1 is 1.15 bits per heavy atom. The first kappa shape index (κ1) is 20.5. The summed E-state index contributed by atoms with van der Waals surface area (Å²) in [5, 5.41) is 7.48. The quantitative estimate of drug-likeness (QED) is 0.754. The fourth-order valence-corrected chi connectivity index (χ4v) is 2.63. The number of carbonyl (C=O) groups is 1. The van der Waals surface area contributed by atoms with Crippen LogP contribution in [0.3, 0.4) is 0 Å². The normalized spacial score (nSPS) is 12.2. The third kappa shape index (κ3) is 5.56. The number of hydrogen-bond acceptors (Lipinski definition) is 4. The van der Waals surface area contributed by atoms with Crippen molar-refractivity contribution in [3.05, 3.63) is 59.7 Å². The van der Waals surface area contributed by atoms with E-state index in [0.29, 0.717) is 5.56 Å². The fraction of sp³-hybridized carbons (Fsp3) is 0.118. The molecule has 27 heavy (non-hydrogen) atoms. The lowest BCUT2D eigenvalue weighted by Gasteiger charge is -2.10. The highest BCUT2D eigenvalue weighted by molar-refractivity contribution is 7.89. The Bertz CT molecular complexity index is 969. The molecule has 0 radical (unpaired) electrons. The minimum atomic E-state index is -4.44. The zero-order valence-electron chi connectivity index (χ0n) is 13.9. The lowest BCUT2D eigenvalue weighted by Crippen LogP contribution is -2.14. The Morgan fingerprint density at radius 3 is 2.30 bits per heavy atom. The molecule has 0 bridgehead atoms. The third-order valence-corrected chi connectivity index (χ3v) is 4.33. The molecular weight excluding hydrogens is 385 g/mol. The second-order valence-electron chi connectivity index (χ2n) is 5.35. The molecule has 144 valence electrons. The standard InChI is InChI=1S/C17H15F3N2O4S/c1-26-15-8-7-13(27(21,24)25)10-14(15)22-16(23)9-4-11-2-5-12(6-3-11)17(18,19)20/h2-10H,1H3,(H,22,23)(H2,21,24,25)/b9-4+. The highest BCUT2D eigenvalue weighted by Crippen LogP contribution is 2.29. The van der Waals surface area contributed by atoms with Crippen LogP contribution in [0.25, 0.3) is 6.08 Å². The molecule has 3 N–H and O–H groups in total. The van der Waals surface area contributed by atoms with E-state index >= 15 is 0 Å². The molecule has 2 aromatic rings. The van der Waals surface area contributed by atoms with Gasteiger partial charge in [0.25, 0.3) is 0 Å². The first-order valence-electron chi connectivity index (χ1n) is 7.38. The molecule has 0 aliphatic rings. The summed E-state index contributed by atoms with van der Waals surface area (Å²) in [5.74, 6) is -0.432. The Labute approximate surface area is 153 Å². The van der Waals surface area contributed by atoms with E-state index in [1.54, 1.807) is 0 Å². The topological polar surface area (TPSA) is 98.5 Å². The first-order chi connectivity index (χ1) is 12.5. The zero-order valence-corrected chi connectivity index (χ0v) is 14.8. The number of nitrogens with two attached hydrogens (primary N) is 1. The number of anilines is 1. The van der Waals surface area contributed by atoms with Gasteiger partial charge in [-0.3, -0.25) is 4.79 Å². The van der Waals surface area contributed by atoms with Crippen LogP contribution in [0.2, 0.25) is 0 Å². The number of nitrogens with one attached hydrogen (secondary N) is 1. The molecular formula is C17H15F3N2O4S. The molecule has 0 heterocycles. The average Bonchev–Trinajstić information content (AvgIpc) is 2.58. The lowest BCUT2D eigenvalue weighted by atomic mass is 10.1. The summed E-state index contributed by atoms with van der Waals surface area (Å²) in [7, 11) is -2.64. The molecule has 0 spiro atoms. The average molecular weight is 400 g/mol. The van der Waals surface area contributed by atoms with Crippen molar-refractivity contribution in [1.29, 1.82) is 0 Å². The van der Waals surface area contributed by atoms with E-state index < -0.39 is 27.7 Å². The van der Waals surface area contributed by atoms with Gasteiger partial charge in [0, 0.05) is 6.08 Å². The Morgan fingerprint density at radius 2 is 1.78 bits per heavy atom. The van der Waals surface area contributed by atoms with Crippen molar-refractivity contribution in [3.8, 4) is 5.75 Å². The summed E-state index contributed by atoms with van der Waals surface area (Å²) < 4.78 is 65.4. The summed E-state index contributed by atoms with van der Waals surface area (Å²) in [6.07, 6.45) is -2.04. The van der Waals surface area contributed by atoms with Crippen LogP contribution in [0.1, 0.15) is 11.1 Å². The SMILES string of the molecule is COc1ccc(S(N)(=O)=O)cc1NC(=O)/C=C/c1ccc(C(F)(F)F)cc1. The van der Waals surface area contributed by atoms with Crippen molar-refractivity contribution in [1.82, 2.24) is 0 Å². The van der Waals surface area contributed by atoms with Crippen molar-refractivity contribution >= 4 is 27.7 Å². The molecule has 0 atom stereocenters. The van der Waals surface area contributed by atoms with E-state index in [4.69, 9.17) is 9.88 Å². The molecule has 0 saturated heterocycles. The summed E-state index contributed by atoms with van der Waals surface area (Å²) in [6, 6.07) is 7.92. The van der Waals surface area contributed by atoms with Crippen LogP contribution >= 0.6 is 0 Å². The van der Waals surface area contributed by atoms with Crippen molar-refractivity contribution in [2.24, 2.45) is 5.14 Å². The van der Waals surface area contributed by atoms with Crippen LogP contribution in [0.5, 0.6) is 5.75 Å². The van der Waals surface area contributed by atoms with Crippen LogP contribution in [0, 0.1) is 0 Å². The van der Waals surface area contributed by atoms with E-state index in [-0.39, 0.29) is 16.3 Å². The summed E-state index contributed by atoms with van der Waals surface area (Å²) in [6.45, 7) is 0. The Balaban J connectivity index is 2.16. The van der Waals surface area contributed by atoms with E-state index in [0.717, 1.165) is 24.3 Å². The second-order valence-corrected chi connectivity index (χ2v) is 6.91. The molecule has 2 rings (SSSR count). The van der Waals surface area contributed by atoms with Crippen LogP contribution in [-0.2, 0) is 21.0 Å². The van der Waals surface area contributed by atoms with E-state index in [2.05, 4.69) is 5.32 Å². The minimum absolute atomic E-state index is 0.0751. The molecule has 10 heteroatoms. The monoisotopic (exact) mass is 400 g/mol. The molecule has 0 unspecified atom stereocenters.